The molecule has 0 bridgehead atoms. The predicted molar refractivity (Wildman–Crippen MR) is 207 cm³/mol. The van der Waals surface area contributed by atoms with Crippen molar-refractivity contribution < 1.29 is 26.4 Å². The molecule has 286 valence electrons. The van der Waals surface area contributed by atoms with Crippen LogP contribution in [0.4, 0.5) is 4.79 Å². The van der Waals surface area contributed by atoms with Crippen LogP contribution in [0.2, 0.25) is 0 Å². The number of rotatable bonds is 11. The van der Waals surface area contributed by atoms with E-state index in [4.69, 9.17) is 9.73 Å². The van der Waals surface area contributed by atoms with Crippen molar-refractivity contribution in [1.82, 2.24) is 23.7 Å². The lowest BCUT2D eigenvalue weighted by Crippen LogP contribution is -2.61. The van der Waals surface area contributed by atoms with E-state index in [1.165, 1.54) is 4.31 Å². The summed E-state index contributed by atoms with van der Waals surface area (Å²) >= 11 is 0. The molecule has 0 saturated carbocycles. The van der Waals surface area contributed by atoms with E-state index in [9.17, 15) is 16.8 Å². The number of amidine groups is 1. The lowest BCUT2D eigenvalue weighted by Gasteiger charge is -2.47. The van der Waals surface area contributed by atoms with Crippen molar-refractivity contribution in [3.63, 3.8) is 0 Å². The van der Waals surface area contributed by atoms with Crippen LogP contribution < -0.4 is 9.46 Å². The number of aliphatic imine (C=N–C) groups is 1. The van der Waals surface area contributed by atoms with Crippen LogP contribution in [-0.2, 0) is 31.1 Å². The van der Waals surface area contributed by atoms with Crippen molar-refractivity contribution in [1.29, 1.82) is 0 Å². The highest BCUT2D eigenvalue weighted by atomic mass is 32.2. The van der Waals surface area contributed by atoms with Crippen LogP contribution in [0.3, 0.4) is 0 Å². The molecule has 3 heterocycles. The summed E-state index contributed by atoms with van der Waals surface area (Å²) in [6.45, 7) is 14.1. The van der Waals surface area contributed by atoms with Gasteiger partial charge in [0.2, 0.25) is 20.0 Å². The number of ether oxygens (including phenoxy) is 1. The summed E-state index contributed by atoms with van der Waals surface area (Å²) in [6, 6.07) is 21.1. The summed E-state index contributed by atoms with van der Waals surface area (Å²) in [5, 5.41) is 0. The van der Waals surface area contributed by atoms with Crippen LogP contribution >= 0.6 is 0 Å². The molecule has 3 aromatic rings. The van der Waals surface area contributed by atoms with Crippen LogP contribution in [0.5, 0.6) is 5.75 Å². The zero-order valence-corrected chi connectivity index (χ0v) is 33.3. The van der Waals surface area contributed by atoms with Gasteiger partial charge in [-0.1, -0.05) is 59.7 Å². The van der Waals surface area contributed by atoms with Gasteiger partial charge in [-0.2, -0.15) is 4.31 Å². The van der Waals surface area contributed by atoms with Crippen molar-refractivity contribution in [3.8, 4) is 5.75 Å². The maximum atomic E-state index is 15.3. The second kappa shape index (κ2) is 15.1. The molecule has 0 aromatic heterocycles. The Morgan fingerprint density at radius 3 is 1.98 bits per heavy atom. The smallest absolute Gasteiger partial charge is 0.326 e. The fourth-order valence-electron chi connectivity index (χ4n) is 7.67. The minimum Gasteiger partial charge on any atom is -0.493 e. The fraction of sp³-hybridized carbons (Fsp3) is 0.487. The van der Waals surface area contributed by atoms with Gasteiger partial charge in [-0.3, -0.25) is 14.8 Å². The van der Waals surface area contributed by atoms with Gasteiger partial charge < -0.3 is 9.64 Å². The topological polar surface area (TPSA) is 132 Å². The Kier molecular flexibility index (Phi) is 11.1. The highest BCUT2D eigenvalue weighted by Gasteiger charge is 2.60. The molecular formula is C39H52N6O6S2. The molecule has 2 fully saturated rings. The molecule has 53 heavy (non-hydrogen) atoms. The van der Waals surface area contributed by atoms with E-state index in [1.54, 1.807) is 23.1 Å². The molecule has 3 aliphatic heterocycles. The maximum absolute atomic E-state index is 15.3. The number of piperazine rings is 1. The molecule has 0 spiro atoms. The van der Waals surface area contributed by atoms with Gasteiger partial charge in [0.05, 0.1) is 23.3 Å². The third-order valence-electron chi connectivity index (χ3n) is 11.0. The van der Waals surface area contributed by atoms with Crippen molar-refractivity contribution in [2.45, 2.75) is 63.4 Å². The molecule has 3 aliphatic rings. The number of sulfonamides is 2. The zero-order chi connectivity index (χ0) is 38.2. The quantitative estimate of drug-likeness (QED) is 0.301. The molecule has 2 amide bonds. The standard InChI is InChI=1S/C39H52N6O6S2/c1-7-51-35-28-33(53(49,50)44-21-8-9-22-44)18-19-34(35)36-41-38(4,31-14-10-29(2)11-15-31)39(5,32-16-12-30(3)13-17-32)45(36)37(46)43-26-24-42(25-27-43)23-20-40-52(6,47)48/h10-19,28,40H,7-9,20-27H2,1-6H3/t38-,39+/m0/s1. The summed E-state index contributed by atoms with van der Waals surface area (Å²) in [6.07, 6.45) is 2.79. The van der Waals surface area contributed by atoms with Gasteiger partial charge in [0, 0.05) is 58.4 Å². The van der Waals surface area contributed by atoms with E-state index in [2.05, 4.69) is 59.9 Å². The molecule has 3 aromatic carbocycles. The molecular weight excluding hydrogens is 713 g/mol. The van der Waals surface area contributed by atoms with Gasteiger partial charge in [-0.05, 0) is 70.7 Å². The third-order valence-corrected chi connectivity index (χ3v) is 13.6. The first-order chi connectivity index (χ1) is 25.1. The van der Waals surface area contributed by atoms with Gasteiger partial charge >= 0.3 is 6.03 Å². The summed E-state index contributed by atoms with van der Waals surface area (Å²) in [5.74, 6) is 0.737. The Labute approximate surface area is 314 Å². The van der Waals surface area contributed by atoms with Crippen molar-refractivity contribution in [2.75, 3.05) is 65.2 Å². The second-order valence-corrected chi connectivity index (χ2v) is 18.4. The van der Waals surface area contributed by atoms with Crippen LogP contribution in [0.15, 0.2) is 76.6 Å². The fourth-order valence-corrected chi connectivity index (χ4v) is 9.66. The van der Waals surface area contributed by atoms with E-state index in [-0.39, 0.29) is 17.5 Å². The monoisotopic (exact) mass is 764 g/mol. The lowest BCUT2D eigenvalue weighted by atomic mass is 9.70. The van der Waals surface area contributed by atoms with E-state index >= 15 is 4.79 Å². The van der Waals surface area contributed by atoms with E-state index in [0.717, 1.165) is 41.4 Å². The van der Waals surface area contributed by atoms with E-state index < -0.39 is 31.1 Å². The molecule has 1 N–H and O–H groups in total. The Hall–Kier alpha value is -3.82. The van der Waals surface area contributed by atoms with Crippen molar-refractivity contribution in [2.24, 2.45) is 4.99 Å². The summed E-state index contributed by atoms with van der Waals surface area (Å²) in [4.78, 5) is 26.7. The molecule has 0 unspecified atom stereocenters. The Balaban J connectivity index is 1.48. The number of urea groups is 1. The van der Waals surface area contributed by atoms with Crippen molar-refractivity contribution in [3.05, 3.63) is 94.5 Å². The number of aryl methyl sites for hydroxylation is 2. The number of carbonyl (C=O) groups is 1. The third kappa shape index (κ3) is 7.61. The molecule has 2 saturated heterocycles. The number of carbonyl (C=O) groups excluding carboxylic acids is 1. The lowest BCUT2D eigenvalue weighted by molar-refractivity contribution is 0.0872. The first-order valence-corrected chi connectivity index (χ1v) is 21.7. The molecule has 6 rings (SSSR count). The van der Waals surface area contributed by atoms with E-state index in [0.29, 0.717) is 69.5 Å². The number of hydrogen-bond donors (Lipinski definition) is 1. The Morgan fingerprint density at radius 2 is 1.42 bits per heavy atom. The number of benzene rings is 3. The van der Waals surface area contributed by atoms with Crippen LogP contribution in [0.1, 0.15) is 61.4 Å². The number of nitrogens with one attached hydrogen (secondary N) is 1. The Morgan fingerprint density at radius 1 is 0.830 bits per heavy atom. The first kappa shape index (κ1) is 38.9. The first-order valence-electron chi connectivity index (χ1n) is 18.4. The summed E-state index contributed by atoms with van der Waals surface area (Å²) in [5.41, 5.74) is 2.51. The summed E-state index contributed by atoms with van der Waals surface area (Å²) < 4.78 is 60.9. The average Bonchev–Trinajstić information content (AvgIpc) is 3.75. The predicted octanol–water partition coefficient (Wildman–Crippen LogP) is 4.67. The molecule has 12 nitrogen and oxygen atoms in total. The summed E-state index contributed by atoms with van der Waals surface area (Å²) in [7, 11) is -7.05. The molecule has 2 atom stereocenters. The minimum absolute atomic E-state index is 0.146. The zero-order valence-electron chi connectivity index (χ0n) is 31.6. The van der Waals surface area contributed by atoms with Gasteiger partial charge in [-0.15, -0.1) is 0 Å². The number of hydrogen-bond acceptors (Lipinski definition) is 8. The van der Waals surface area contributed by atoms with Gasteiger partial charge in [0.25, 0.3) is 0 Å². The number of nitrogens with zero attached hydrogens (tertiary/aromatic N) is 5. The van der Waals surface area contributed by atoms with Crippen LogP contribution in [0.25, 0.3) is 0 Å². The average molecular weight is 765 g/mol. The normalized spacial score (nSPS) is 23.0. The van der Waals surface area contributed by atoms with Gasteiger partial charge in [0.1, 0.15) is 22.7 Å². The van der Waals surface area contributed by atoms with Gasteiger partial charge in [-0.25, -0.2) is 26.4 Å². The largest absolute Gasteiger partial charge is 0.493 e. The van der Waals surface area contributed by atoms with E-state index in [1.807, 2.05) is 37.8 Å². The maximum Gasteiger partial charge on any atom is 0.326 e. The second-order valence-electron chi connectivity index (χ2n) is 14.6. The van der Waals surface area contributed by atoms with Crippen LogP contribution in [-0.4, -0.2) is 113 Å². The van der Waals surface area contributed by atoms with Crippen LogP contribution in [0, 0.1) is 13.8 Å². The van der Waals surface area contributed by atoms with Crippen molar-refractivity contribution >= 4 is 31.9 Å². The number of amides is 2. The highest BCUT2D eigenvalue weighted by Crippen LogP contribution is 2.54. The highest BCUT2D eigenvalue weighted by molar-refractivity contribution is 7.89. The minimum atomic E-state index is -3.74. The molecule has 14 heteroatoms. The molecule has 0 aliphatic carbocycles. The Bertz CT molecular complexity index is 2060. The SMILES string of the molecule is CCOc1cc(S(=O)(=O)N2CCCC2)ccc1C1=N[C@@](C)(c2ccc(C)cc2)[C@@](C)(c2ccc(C)cc2)N1C(=O)N1CCN(CCNS(C)(=O)=O)CC1. The van der Waals surface area contributed by atoms with Gasteiger partial charge in [0.15, 0.2) is 0 Å². The molecule has 0 radical (unpaired) electrons.